The van der Waals surface area contributed by atoms with E-state index in [0.29, 0.717) is 34.1 Å². The van der Waals surface area contributed by atoms with E-state index in [1.165, 1.54) is 0 Å². The van der Waals surface area contributed by atoms with Crippen LogP contribution in [-0.4, -0.2) is 30.1 Å². The van der Waals surface area contributed by atoms with Crippen LogP contribution in [0, 0.1) is 0 Å². The first kappa shape index (κ1) is 15.2. The molecule has 0 fully saturated rings. The highest BCUT2D eigenvalue weighted by atomic mass is 16.5. The zero-order valence-electron chi connectivity index (χ0n) is 13.8. The van der Waals surface area contributed by atoms with Gasteiger partial charge in [0.15, 0.2) is 11.2 Å². The number of rotatable bonds is 4. The van der Waals surface area contributed by atoms with Gasteiger partial charge < -0.3 is 19.2 Å². The van der Waals surface area contributed by atoms with Crippen LogP contribution in [0.1, 0.15) is 5.69 Å². The minimum absolute atomic E-state index is 0.136. The van der Waals surface area contributed by atoms with E-state index in [2.05, 4.69) is 15.5 Å². The number of carbonyl (C=O) groups excluding carboxylic acids is 1. The summed E-state index contributed by atoms with van der Waals surface area (Å²) in [7, 11) is 3.71. The number of para-hydroxylation sites is 1. The number of aromatic nitrogens is 2. The molecule has 0 spiro atoms. The summed E-state index contributed by atoms with van der Waals surface area (Å²) in [6.45, 7) is 0. The van der Waals surface area contributed by atoms with Gasteiger partial charge in [-0.2, -0.15) is 4.98 Å². The Kier molecular flexibility index (Phi) is 3.61. The average molecular weight is 336 g/mol. The predicted molar refractivity (Wildman–Crippen MR) is 94.7 cm³/mol. The lowest BCUT2D eigenvalue weighted by atomic mass is 10.1. The Labute approximate surface area is 143 Å². The Morgan fingerprint density at radius 1 is 1.16 bits per heavy atom. The summed E-state index contributed by atoms with van der Waals surface area (Å²) in [5.74, 6) is -0.172. The third kappa shape index (κ3) is 2.91. The highest BCUT2D eigenvalue weighted by Gasteiger charge is 2.13. The van der Waals surface area contributed by atoms with Crippen LogP contribution >= 0.6 is 0 Å². The lowest BCUT2D eigenvalue weighted by molar-refractivity contribution is -0.115. The van der Waals surface area contributed by atoms with Crippen LogP contribution in [0.3, 0.4) is 0 Å². The number of hydrogen-bond donors (Lipinski definition) is 1. The largest absolute Gasteiger partial charge is 0.423 e. The molecule has 2 aromatic heterocycles. The average Bonchev–Trinajstić information content (AvgIpc) is 3.19. The van der Waals surface area contributed by atoms with Crippen molar-refractivity contribution < 1.29 is 13.7 Å². The van der Waals surface area contributed by atoms with Crippen molar-refractivity contribution >= 4 is 39.7 Å². The minimum atomic E-state index is -0.172. The highest BCUT2D eigenvalue weighted by Crippen LogP contribution is 2.24. The molecule has 0 aliphatic rings. The topological polar surface area (TPSA) is 84.4 Å². The lowest BCUT2D eigenvalue weighted by Gasteiger charge is -2.03. The van der Waals surface area contributed by atoms with Gasteiger partial charge in [0.2, 0.25) is 5.91 Å². The van der Waals surface area contributed by atoms with Crippen molar-refractivity contribution in [3.63, 3.8) is 0 Å². The Balaban J connectivity index is 1.53. The minimum Gasteiger partial charge on any atom is -0.423 e. The van der Waals surface area contributed by atoms with Gasteiger partial charge in [0.25, 0.3) is 6.01 Å². The molecule has 0 atom stereocenters. The van der Waals surface area contributed by atoms with E-state index in [4.69, 9.17) is 8.94 Å². The third-order valence-electron chi connectivity index (χ3n) is 3.82. The zero-order valence-corrected chi connectivity index (χ0v) is 13.8. The second-order valence-corrected chi connectivity index (χ2v) is 5.92. The quantitative estimate of drug-likeness (QED) is 0.616. The molecule has 0 radical (unpaired) electrons. The number of anilines is 2. The Morgan fingerprint density at radius 2 is 2.00 bits per heavy atom. The number of oxazole rings is 1. The number of fused-ring (bicyclic) bond motifs is 2. The van der Waals surface area contributed by atoms with Gasteiger partial charge in [-0.3, -0.25) is 4.79 Å². The first-order chi connectivity index (χ1) is 12.1. The van der Waals surface area contributed by atoms with Gasteiger partial charge in [0, 0.05) is 25.2 Å². The summed E-state index contributed by atoms with van der Waals surface area (Å²) in [5.41, 5.74) is 3.30. The molecule has 4 aromatic rings. The molecule has 1 amide bonds. The maximum atomic E-state index is 12.3. The van der Waals surface area contributed by atoms with Gasteiger partial charge in [0.1, 0.15) is 11.2 Å². The molecular weight excluding hydrogens is 320 g/mol. The predicted octanol–water partition coefficient (Wildman–Crippen LogP) is 3.22. The molecule has 0 bridgehead atoms. The monoisotopic (exact) mass is 336 g/mol. The van der Waals surface area contributed by atoms with E-state index in [0.717, 1.165) is 5.39 Å². The number of hydrogen-bond acceptors (Lipinski definition) is 6. The summed E-state index contributed by atoms with van der Waals surface area (Å²) in [4.78, 5) is 18.5. The van der Waals surface area contributed by atoms with Gasteiger partial charge >= 0.3 is 0 Å². The summed E-state index contributed by atoms with van der Waals surface area (Å²) in [5, 5.41) is 7.69. The maximum Gasteiger partial charge on any atom is 0.297 e. The number of benzene rings is 2. The maximum absolute atomic E-state index is 12.3. The van der Waals surface area contributed by atoms with Gasteiger partial charge in [-0.25, -0.2) is 0 Å². The number of amides is 1. The highest BCUT2D eigenvalue weighted by molar-refractivity contribution is 5.96. The van der Waals surface area contributed by atoms with Gasteiger partial charge in [0.05, 0.1) is 6.42 Å². The second-order valence-electron chi connectivity index (χ2n) is 5.92. The Bertz CT molecular complexity index is 1060. The third-order valence-corrected chi connectivity index (χ3v) is 3.82. The van der Waals surface area contributed by atoms with Crippen molar-refractivity contribution in [2.45, 2.75) is 6.42 Å². The summed E-state index contributed by atoms with van der Waals surface area (Å²) >= 11 is 0. The fraction of sp³-hybridized carbons (Fsp3) is 0.167. The van der Waals surface area contributed by atoms with Crippen LogP contribution in [0.25, 0.3) is 22.1 Å². The lowest BCUT2D eigenvalue weighted by Crippen LogP contribution is -2.14. The van der Waals surface area contributed by atoms with E-state index >= 15 is 0 Å². The van der Waals surface area contributed by atoms with E-state index in [-0.39, 0.29) is 12.3 Å². The van der Waals surface area contributed by atoms with Crippen LogP contribution in [0.15, 0.2) is 51.4 Å². The van der Waals surface area contributed by atoms with Crippen LogP contribution in [-0.2, 0) is 11.2 Å². The number of nitrogens with zero attached hydrogens (tertiary/aromatic N) is 3. The van der Waals surface area contributed by atoms with Crippen molar-refractivity contribution in [3.05, 3.63) is 48.2 Å². The molecular formula is C18H16N4O3. The van der Waals surface area contributed by atoms with E-state index in [1.54, 1.807) is 23.1 Å². The van der Waals surface area contributed by atoms with Crippen molar-refractivity contribution in [3.8, 4) is 0 Å². The van der Waals surface area contributed by atoms with Crippen LogP contribution in [0.4, 0.5) is 11.7 Å². The molecule has 0 saturated heterocycles. The molecule has 0 aliphatic carbocycles. The summed E-state index contributed by atoms with van der Waals surface area (Å²) < 4.78 is 10.8. The molecule has 0 saturated carbocycles. The number of nitrogens with one attached hydrogen (secondary N) is 1. The standard InChI is InChI=1S/C18H16N4O3/c1-22(2)18-20-14-9-11(7-8-16(14)24-18)19-17(23)10-13-12-5-3-4-6-15(12)25-21-13/h3-9H,10H2,1-2H3,(H,19,23). The molecule has 7 heteroatoms. The Hall–Kier alpha value is -3.35. The molecule has 126 valence electrons. The van der Waals surface area contributed by atoms with E-state index in [9.17, 15) is 4.79 Å². The van der Waals surface area contributed by atoms with Crippen LogP contribution in [0.2, 0.25) is 0 Å². The Morgan fingerprint density at radius 3 is 2.84 bits per heavy atom. The van der Waals surface area contributed by atoms with Crippen LogP contribution < -0.4 is 10.2 Å². The first-order valence-electron chi connectivity index (χ1n) is 7.81. The van der Waals surface area contributed by atoms with Gasteiger partial charge in [-0.1, -0.05) is 17.3 Å². The fourth-order valence-electron chi connectivity index (χ4n) is 2.61. The van der Waals surface area contributed by atoms with Crippen molar-refractivity contribution in [2.24, 2.45) is 0 Å². The molecule has 1 N–H and O–H groups in total. The molecule has 4 rings (SSSR count). The molecule has 0 unspecified atom stereocenters. The molecule has 2 heterocycles. The first-order valence-corrected chi connectivity index (χ1v) is 7.81. The summed E-state index contributed by atoms with van der Waals surface area (Å²) in [6, 6.07) is 13.3. The van der Waals surface area contributed by atoms with Gasteiger partial charge in [-0.15, -0.1) is 0 Å². The SMILES string of the molecule is CN(C)c1nc2cc(NC(=O)Cc3noc4ccccc34)ccc2o1. The number of carbonyl (C=O) groups is 1. The van der Waals surface area contributed by atoms with Crippen molar-refractivity contribution in [1.29, 1.82) is 0 Å². The second kappa shape index (κ2) is 5.94. The van der Waals surface area contributed by atoms with Crippen molar-refractivity contribution in [1.82, 2.24) is 10.1 Å². The molecule has 2 aromatic carbocycles. The normalized spacial score (nSPS) is 11.1. The van der Waals surface area contributed by atoms with E-state index < -0.39 is 0 Å². The summed E-state index contributed by atoms with van der Waals surface area (Å²) in [6.07, 6.45) is 0.136. The molecule has 7 nitrogen and oxygen atoms in total. The van der Waals surface area contributed by atoms with Crippen molar-refractivity contribution in [2.75, 3.05) is 24.3 Å². The zero-order chi connectivity index (χ0) is 17.4. The fourth-order valence-corrected chi connectivity index (χ4v) is 2.61. The molecule has 25 heavy (non-hydrogen) atoms. The van der Waals surface area contributed by atoms with Crippen LogP contribution in [0.5, 0.6) is 0 Å². The van der Waals surface area contributed by atoms with E-state index in [1.807, 2.05) is 38.4 Å². The molecule has 0 aliphatic heterocycles. The van der Waals surface area contributed by atoms with Gasteiger partial charge in [-0.05, 0) is 30.3 Å². The smallest absolute Gasteiger partial charge is 0.297 e.